The van der Waals surface area contributed by atoms with Crippen LogP contribution in [-0.2, 0) is 17.8 Å². The molecule has 3 amide bonds. The normalized spacial score (nSPS) is 18.7. The topological polar surface area (TPSA) is 97.6 Å². The number of urea groups is 1. The monoisotopic (exact) mass is 490 g/mol. The highest BCUT2D eigenvalue weighted by atomic mass is 79.9. The number of amides is 3. The zero-order valence-corrected chi connectivity index (χ0v) is 18.7. The fraction of sp³-hybridized carbons (Fsp3) is 0.300. The number of imide groups is 1. The molecular formula is C20H19BrN4O4S. The Morgan fingerprint density at radius 2 is 1.97 bits per heavy atom. The zero-order valence-electron chi connectivity index (χ0n) is 16.3. The number of ether oxygens (including phenoxy) is 1. The Kier molecular flexibility index (Phi) is 5.61. The minimum absolute atomic E-state index is 0.0671. The Bertz CT molecular complexity index is 1080. The molecule has 30 heavy (non-hydrogen) atoms. The highest BCUT2D eigenvalue weighted by Crippen LogP contribution is 2.31. The quantitative estimate of drug-likeness (QED) is 0.502. The average Bonchev–Trinajstić information content (AvgIpc) is 3.43. The highest BCUT2D eigenvalue weighted by Gasteiger charge is 2.47. The number of aryl methyl sites for hydroxylation is 1. The molecule has 1 saturated heterocycles. The van der Waals surface area contributed by atoms with E-state index in [1.165, 1.54) is 11.3 Å². The number of carbonyl (C=O) groups excluding carboxylic acids is 2. The summed E-state index contributed by atoms with van der Waals surface area (Å²) in [5.41, 5.74) is 0.0690. The molecule has 3 aromatic rings. The summed E-state index contributed by atoms with van der Waals surface area (Å²) in [5.74, 6) is 1.03. The van der Waals surface area contributed by atoms with Gasteiger partial charge in [-0.15, -0.1) is 21.5 Å². The molecule has 8 nitrogen and oxygen atoms in total. The van der Waals surface area contributed by atoms with Crippen LogP contribution in [0.3, 0.4) is 0 Å². The summed E-state index contributed by atoms with van der Waals surface area (Å²) >= 11 is 4.85. The molecule has 10 heteroatoms. The van der Waals surface area contributed by atoms with Gasteiger partial charge in [-0.2, -0.15) is 0 Å². The molecule has 1 aliphatic rings. The van der Waals surface area contributed by atoms with Crippen molar-refractivity contribution in [3.05, 3.63) is 51.6 Å². The van der Waals surface area contributed by atoms with Gasteiger partial charge in [-0.1, -0.05) is 12.1 Å². The molecule has 0 aliphatic carbocycles. The first-order valence-corrected chi connectivity index (χ1v) is 10.8. The number of thiophene rings is 1. The predicted octanol–water partition coefficient (Wildman–Crippen LogP) is 4.01. The van der Waals surface area contributed by atoms with E-state index in [1.54, 1.807) is 14.0 Å². The van der Waals surface area contributed by atoms with Crippen LogP contribution < -0.4 is 10.1 Å². The Labute approximate surface area is 185 Å². The molecule has 1 aliphatic heterocycles. The number of nitrogens with zero attached hydrogens (tertiary/aromatic N) is 3. The van der Waals surface area contributed by atoms with E-state index in [1.807, 2.05) is 36.4 Å². The van der Waals surface area contributed by atoms with Crippen LogP contribution in [0.25, 0.3) is 10.8 Å². The fourth-order valence-corrected chi connectivity index (χ4v) is 4.54. The second-order valence-electron chi connectivity index (χ2n) is 7.11. The Hall–Kier alpha value is -2.72. The van der Waals surface area contributed by atoms with Crippen LogP contribution in [-0.4, -0.2) is 39.7 Å². The van der Waals surface area contributed by atoms with E-state index in [2.05, 4.69) is 31.4 Å². The summed E-state index contributed by atoms with van der Waals surface area (Å²) in [7, 11) is 1.61. The van der Waals surface area contributed by atoms with E-state index < -0.39 is 11.6 Å². The molecule has 0 saturated carbocycles. The van der Waals surface area contributed by atoms with Crippen molar-refractivity contribution in [1.82, 2.24) is 20.4 Å². The lowest BCUT2D eigenvalue weighted by Gasteiger charge is -2.21. The van der Waals surface area contributed by atoms with Crippen LogP contribution >= 0.6 is 27.3 Å². The van der Waals surface area contributed by atoms with E-state index in [0.29, 0.717) is 18.7 Å². The third kappa shape index (κ3) is 4.10. The second-order valence-corrected chi connectivity index (χ2v) is 9.57. The van der Waals surface area contributed by atoms with Crippen molar-refractivity contribution in [2.75, 3.05) is 7.11 Å². The number of methoxy groups -OCH3 is 1. The maximum absolute atomic E-state index is 13.0. The summed E-state index contributed by atoms with van der Waals surface area (Å²) in [5, 5.41) is 10.8. The van der Waals surface area contributed by atoms with Gasteiger partial charge >= 0.3 is 6.03 Å². The third-order valence-electron chi connectivity index (χ3n) is 4.96. The molecule has 4 rings (SSSR count). The lowest BCUT2D eigenvalue weighted by Crippen LogP contribution is -2.44. The van der Waals surface area contributed by atoms with Gasteiger partial charge in [0.25, 0.3) is 11.8 Å². The first kappa shape index (κ1) is 20.5. The van der Waals surface area contributed by atoms with E-state index in [-0.39, 0.29) is 18.3 Å². The number of hydrogen-bond donors (Lipinski definition) is 1. The highest BCUT2D eigenvalue weighted by molar-refractivity contribution is 9.11. The van der Waals surface area contributed by atoms with E-state index in [4.69, 9.17) is 9.15 Å². The largest absolute Gasteiger partial charge is 0.497 e. The molecule has 0 spiro atoms. The van der Waals surface area contributed by atoms with Crippen molar-refractivity contribution in [3.8, 4) is 16.5 Å². The summed E-state index contributed by atoms with van der Waals surface area (Å²) in [6.45, 7) is 1.67. The van der Waals surface area contributed by atoms with Crippen molar-refractivity contribution >= 4 is 39.2 Å². The van der Waals surface area contributed by atoms with Crippen molar-refractivity contribution in [1.29, 1.82) is 0 Å². The lowest BCUT2D eigenvalue weighted by molar-refractivity contribution is -0.131. The van der Waals surface area contributed by atoms with Gasteiger partial charge < -0.3 is 14.5 Å². The average molecular weight is 491 g/mol. The molecule has 1 fully saturated rings. The van der Waals surface area contributed by atoms with Gasteiger partial charge in [0.2, 0.25) is 5.89 Å². The molecular weight excluding hydrogens is 472 g/mol. The number of benzene rings is 1. The van der Waals surface area contributed by atoms with Crippen LogP contribution in [0.5, 0.6) is 5.75 Å². The van der Waals surface area contributed by atoms with Gasteiger partial charge in [-0.05, 0) is 65.5 Å². The maximum Gasteiger partial charge on any atom is 0.325 e. The Balaban J connectivity index is 1.42. The molecule has 0 unspecified atom stereocenters. The van der Waals surface area contributed by atoms with Gasteiger partial charge in [0.15, 0.2) is 0 Å². The van der Waals surface area contributed by atoms with Gasteiger partial charge in [-0.3, -0.25) is 9.69 Å². The standard InChI is InChI=1S/C20H19BrN4O4S/c1-20(10-9-12-3-5-13(28-2)6-4-12)18(26)25(19(27)22-20)11-16-23-24-17(29-16)14-7-8-15(21)30-14/h3-8H,9-11H2,1-2H3,(H,22,27)/t20-/m0/s1. The summed E-state index contributed by atoms with van der Waals surface area (Å²) in [6.07, 6.45) is 1.11. The van der Waals surface area contributed by atoms with Crippen LogP contribution in [0.1, 0.15) is 24.8 Å². The molecule has 3 heterocycles. The number of hydrogen-bond acceptors (Lipinski definition) is 7. The molecule has 1 aromatic carbocycles. The summed E-state index contributed by atoms with van der Waals surface area (Å²) in [6, 6.07) is 10.9. The van der Waals surface area contributed by atoms with Crippen LogP contribution in [0, 0.1) is 0 Å². The first-order chi connectivity index (χ1) is 14.4. The zero-order chi connectivity index (χ0) is 21.3. The van der Waals surface area contributed by atoms with E-state index in [0.717, 1.165) is 24.9 Å². The minimum atomic E-state index is -0.988. The van der Waals surface area contributed by atoms with Gasteiger partial charge in [0, 0.05) is 0 Å². The third-order valence-corrected chi connectivity index (χ3v) is 6.57. The first-order valence-electron chi connectivity index (χ1n) is 9.23. The lowest BCUT2D eigenvalue weighted by atomic mass is 9.93. The van der Waals surface area contributed by atoms with Crippen molar-refractivity contribution in [2.45, 2.75) is 31.8 Å². The molecule has 1 N–H and O–H groups in total. The number of aromatic nitrogens is 2. The van der Waals surface area contributed by atoms with Gasteiger partial charge in [0.05, 0.1) is 15.8 Å². The Morgan fingerprint density at radius 1 is 1.20 bits per heavy atom. The predicted molar refractivity (Wildman–Crippen MR) is 114 cm³/mol. The smallest absolute Gasteiger partial charge is 0.325 e. The van der Waals surface area contributed by atoms with E-state index in [9.17, 15) is 9.59 Å². The Morgan fingerprint density at radius 3 is 2.63 bits per heavy atom. The molecule has 156 valence electrons. The van der Waals surface area contributed by atoms with Crippen molar-refractivity contribution in [3.63, 3.8) is 0 Å². The molecule has 2 aromatic heterocycles. The summed E-state index contributed by atoms with van der Waals surface area (Å²) in [4.78, 5) is 27.4. The second kappa shape index (κ2) is 8.19. The van der Waals surface area contributed by atoms with Gasteiger partial charge in [0.1, 0.15) is 17.8 Å². The number of rotatable bonds is 7. The van der Waals surface area contributed by atoms with Crippen LogP contribution in [0.4, 0.5) is 4.79 Å². The summed E-state index contributed by atoms with van der Waals surface area (Å²) < 4.78 is 11.7. The minimum Gasteiger partial charge on any atom is -0.497 e. The fourth-order valence-electron chi connectivity index (χ4n) is 3.23. The number of halogens is 1. The van der Waals surface area contributed by atoms with Crippen LogP contribution in [0.2, 0.25) is 0 Å². The molecule has 0 bridgehead atoms. The van der Waals surface area contributed by atoms with E-state index >= 15 is 0 Å². The van der Waals surface area contributed by atoms with Gasteiger partial charge in [-0.25, -0.2) is 4.79 Å². The van der Waals surface area contributed by atoms with Crippen molar-refractivity contribution in [2.24, 2.45) is 0 Å². The maximum atomic E-state index is 13.0. The number of carbonyl (C=O) groups is 2. The van der Waals surface area contributed by atoms with Crippen molar-refractivity contribution < 1.29 is 18.7 Å². The molecule has 0 radical (unpaired) electrons. The number of nitrogens with one attached hydrogen (secondary N) is 1. The van der Waals surface area contributed by atoms with Crippen LogP contribution in [0.15, 0.2) is 44.6 Å². The molecule has 1 atom stereocenters. The SMILES string of the molecule is COc1ccc(CC[C@]2(C)NC(=O)N(Cc3nnc(-c4ccc(Br)s4)o3)C2=O)cc1.